The van der Waals surface area contributed by atoms with Crippen LogP contribution in [0, 0.1) is 13.8 Å². The summed E-state index contributed by atoms with van der Waals surface area (Å²) >= 11 is 0. The number of rotatable bonds is 5. The average molecular weight is 423 g/mol. The molecule has 2 heterocycles. The van der Waals surface area contributed by atoms with Gasteiger partial charge in [-0.3, -0.25) is 0 Å². The number of aryl methyl sites for hydroxylation is 2. The van der Waals surface area contributed by atoms with Crippen LogP contribution in [0.5, 0.6) is 5.75 Å². The Kier molecular flexibility index (Phi) is 4.86. The highest BCUT2D eigenvalue weighted by atomic mass is 16.5. The van der Waals surface area contributed by atoms with Crippen molar-refractivity contribution in [1.29, 1.82) is 0 Å². The molecule has 0 spiro atoms. The number of hydrogen-bond acceptors (Lipinski definition) is 4. The lowest BCUT2D eigenvalue weighted by Gasteiger charge is -2.12. The predicted octanol–water partition coefficient (Wildman–Crippen LogP) is 6.54. The van der Waals surface area contributed by atoms with E-state index >= 15 is 0 Å². The smallest absolute Gasteiger partial charge is 0.336 e. The highest BCUT2D eigenvalue weighted by molar-refractivity contribution is 6.06. The van der Waals surface area contributed by atoms with Crippen LogP contribution < -0.4 is 4.74 Å². The Morgan fingerprint density at radius 3 is 2.47 bits per heavy atom. The lowest BCUT2D eigenvalue weighted by molar-refractivity contribution is 0.0699. The maximum atomic E-state index is 12.1. The number of ether oxygens (including phenoxy) is 1. The molecule has 5 heteroatoms. The van der Waals surface area contributed by atoms with Gasteiger partial charge in [0.1, 0.15) is 17.9 Å². The first-order valence-corrected chi connectivity index (χ1v) is 10.4. The highest BCUT2D eigenvalue weighted by Crippen LogP contribution is 2.41. The number of pyridine rings is 1. The van der Waals surface area contributed by atoms with Crippen LogP contribution in [-0.4, -0.2) is 16.1 Å². The van der Waals surface area contributed by atoms with Crippen LogP contribution in [0.25, 0.3) is 33.3 Å². The van der Waals surface area contributed by atoms with E-state index in [1.807, 2.05) is 80.6 Å². The summed E-state index contributed by atoms with van der Waals surface area (Å²) in [5.41, 5.74) is 4.72. The monoisotopic (exact) mass is 423 g/mol. The molecular formula is C27H21NO4. The van der Waals surface area contributed by atoms with E-state index in [1.54, 1.807) is 6.07 Å². The number of fused-ring (bicyclic) bond motifs is 2. The molecule has 0 amide bonds. The molecular weight excluding hydrogens is 402 g/mol. The second kappa shape index (κ2) is 7.85. The van der Waals surface area contributed by atoms with E-state index in [0.717, 1.165) is 22.1 Å². The third-order valence-corrected chi connectivity index (χ3v) is 5.61. The molecule has 5 nitrogen and oxygen atoms in total. The summed E-state index contributed by atoms with van der Waals surface area (Å²) in [6, 6.07) is 22.9. The fraction of sp³-hybridized carbons (Fsp3) is 0.111. The van der Waals surface area contributed by atoms with E-state index in [1.165, 1.54) is 0 Å². The van der Waals surface area contributed by atoms with Crippen LogP contribution in [0.3, 0.4) is 0 Å². The molecule has 0 bridgehead atoms. The molecule has 3 aromatic carbocycles. The van der Waals surface area contributed by atoms with E-state index in [2.05, 4.69) is 0 Å². The zero-order valence-corrected chi connectivity index (χ0v) is 17.8. The molecule has 0 aliphatic heterocycles. The quantitative estimate of drug-likeness (QED) is 0.347. The largest absolute Gasteiger partial charge is 0.484 e. The van der Waals surface area contributed by atoms with Crippen molar-refractivity contribution in [2.75, 3.05) is 0 Å². The van der Waals surface area contributed by atoms with Crippen molar-refractivity contribution < 1.29 is 19.1 Å². The molecule has 0 saturated carbocycles. The Hall–Kier alpha value is -4.12. The minimum atomic E-state index is -1.00. The average Bonchev–Trinajstić information content (AvgIpc) is 3.18. The van der Waals surface area contributed by atoms with Gasteiger partial charge in [-0.05, 0) is 48.7 Å². The molecule has 0 saturated heterocycles. The number of nitrogens with zero attached hydrogens (tertiary/aromatic N) is 1. The number of carboxylic acids is 1. The van der Waals surface area contributed by atoms with Gasteiger partial charge < -0.3 is 14.3 Å². The van der Waals surface area contributed by atoms with Crippen molar-refractivity contribution in [2.45, 2.75) is 20.5 Å². The Bertz CT molecular complexity index is 1470. The molecule has 158 valence electrons. The molecule has 5 aromatic rings. The first kappa shape index (κ1) is 19.8. The van der Waals surface area contributed by atoms with Crippen molar-refractivity contribution >= 4 is 27.8 Å². The first-order chi connectivity index (χ1) is 15.5. The number of aromatic carboxylic acids is 1. The fourth-order valence-electron chi connectivity index (χ4n) is 3.99. The summed E-state index contributed by atoms with van der Waals surface area (Å²) < 4.78 is 12.4. The number of para-hydroxylation sites is 1. The highest BCUT2D eigenvalue weighted by Gasteiger charge is 2.22. The van der Waals surface area contributed by atoms with Crippen molar-refractivity contribution in [3.8, 4) is 17.2 Å². The van der Waals surface area contributed by atoms with Gasteiger partial charge in [0.05, 0.1) is 16.5 Å². The maximum Gasteiger partial charge on any atom is 0.336 e. The molecule has 0 aliphatic rings. The van der Waals surface area contributed by atoms with E-state index in [4.69, 9.17) is 14.1 Å². The summed E-state index contributed by atoms with van der Waals surface area (Å²) in [6.07, 6.45) is 0. The Morgan fingerprint density at radius 2 is 1.69 bits per heavy atom. The molecule has 32 heavy (non-hydrogen) atoms. The molecule has 1 N–H and O–H groups in total. The maximum absolute atomic E-state index is 12.1. The van der Waals surface area contributed by atoms with Gasteiger partial charge in [0, 0.05) is 5.39 Å². The lowest BCUT2D eigenvalue weighted by Crippen LogP contribution is -2.03. The standard InChI is InChI=1S/C27H21NO4/c1-16-12-13-17(2)24-23(16)20(27(29)30)14-21(28-24)26-25(19-10-6-7-11-22(19)32-26)31-15-18-8-4-3-5-9-18/h3-14H,15H2,1-2H3,(H,29,30). The number of benzene rings is 3. The number of furan rings is 1. The topological polar surface area (TPSA) is 72.6 Å². The van der Waals surface area contributed by atoms with Gasteiger partial charge in [0.2, 0.25) is 0 Å². The summed E-state index contributed by atoms with van der Waals surface area (Å²) in [6.45, 7) is 4.18. The van der Waals surface area contributed by atoms with Gasteiger partial charge in [-0.2, -0.15) is 0 Å². The molecule has 0 unspecified atom stereocenters. The third-order valence-electron chi connectivity index (χ3n) is 5.61. The molecule has 2 aromatic heterocycles. The minimum Gasteiger partial charge on any atom is -0.484 e. The van der Waals surface area contributed by atoms with Crippen molar-refractivity contribution in [1.82, 2.24) is 4.98 Å². The molecule has 0 fully saturated rings. The van der Waals surface area contributed by atoms with Gasteiger partial charge in [-0.1, -0.05) is 54.6 Å². The van der Waals surface area contributed by atoms with E-state index in [-0.39, 0.29) is 5.56 Å². The van der Waals surface area contributed by atoms with Crippen molar-refractivity contribution in [2.24, 2.45) is 0 Å². The zero-order valence-electron chi connectivity index (χ0n) is 17.8. The SMILES string of the molecule is Cc1ccc(C)c2c(C(=O)O)cc(-c3oc4ccccc4c3OCc3ccccc3)nc12. The molecule has 5 rings (SSSR count). The summed E-state index contributed by atoms with van der Waals surface area (Å²) in [7, 11) is 0. The second-order valence-electron chi connectivity index (χ2n) is 7.81. The Labute approximate surface area is 184 Å². The van der Waals surface area contributed by atoms with Crippen LogP contribution in [0.1, 0.15) is 27.0 Å². The summed E-state index contributed by atoms with van der Waals surface area (Å²) in [5, 5.41) is 11.4. The second-order valence-corrected chi connectivity index (χ2v) is 7.81. The summed E-state index contributed by atoms with van der Waals surface area (Å²) in [5.74, 6) is -0.0272. The van der Waals surface area contributed by atoms with Crippen LogP contribution >= 0.6 is 0 Å². The number of carbonyl (C=O) groups is 1. The third kappa shape index (κ3) is 3.38. The molecule has 0 atom stereocenters. The number of hydrogen-bond donors (Lipinski definition) is 1. The fourth-order valence-corrected chi connectivity index (χ4v) is 3.99. The zero-order chi connectivity index (χ0) is 22.2. The molecule has 0 aliphatic carbocycles. The van der Waals surface area contributed by atoms with E-state index in [9.17, 15) is 9.90 Å². The Balaban J connectivity index is 1.72. The van der Waals surface area contributed by atoms with Crippen LogP contribution in [0.2, 0.25) is 0 Å². The van der Waals surface area contributed by atoms with Crippen LogP contribution in [0.15, 0.2) is 77.2 Å². The van der Waals surface area contributed by atoms with E-state index in [0.29, 0.717) is 40.3 Å². The molecule has 0 radical (unpaired) electrons. The van der Waals surface area contributed by atoms with E-state index < -0.39 is 5.97 Å². The summed E-state index contributed by atoms with van der Waals surface area (Å²) in [4.78, 5) is 17.0. The van der Waals surface area contributed by atoms with Gasteiger partial charge in [-0.15, -0.1) is 0 Å². The predicted molar refractivity (Wildman–Crippen MR) is 124 cm³/mol. The van der Waals surface area contributed by atoms with Crippen molar-refractivity contribution in [3.05, 3.63) is 95.1 Å². The van der Waals surface area contributed by atoms with Crippen LogP contribution in [-0.2, 0) is 6.61 Å². The first-order valence-electron chi connectivity index (χ1n) is 10.4. The van der Waals surface area contributed by atoms with Gasteiger partial charge in [0.25, 0.3) is 0 Å². The lowest BCUT2D eigenvalue weighted by atomic mass is 9.99. The van der Waals surface area contributed by atoms with Gasteiger partial charge >= 0.3 is 5.97 Å². The number of aromatic nitrogens is 1. The number of carboxylic acid groups (broad SMARTS) is 1. The minimum absolute atomic E-state index is 0.195. The van der Waals surface area contributed by atoms with Crippen LogP contribution in [0.4, 0.5) is 0 Å². The van der Waals surface area contributed by atoms with Gasteiger partial charge in [0.15, 0.2) is 11.5 Å². The normalized spacial score (nSPS) is 11.2. The Morgan fingerprint density at radius 1 is 0.969 bits per heavy atom. The van der Waals surface area contributed by atoms with Gasteiger partial charge in [-0.25, -0.2) is 9.78 Å². The van der Waals surface area contributed by atoms with Crippen molar-refractivity contribution in [3.63, 3.8) is 0 Å².